The Labute approximate surface area is 105 Å². The smallest absolute Gasteiger partial charge is 0.265 e. The number of rotatable bonds is 2. The Morgan fingerprint density at radius 1 is 1.39 bits per heavy atom. The van der Waals surface area contributed by atoms with Gasteiger partial charge in [-0.15, -0.1) is 0 Å². The molecule has 0 radical (unpaired) electrons. The van der Waals surface area contributed by atoms with Gasteiger partial charge in [-0.1, -0.05) is 4.47 Å². The van der Waals surface area contributed by atoms with Crippen LogP contribution in [0.3, 0.4) is 0 Å². The molecule has 0 spiro atoms. The molecule has 1 aliphatic heterocycles. The van der Waals surface area contributed by atoms with Gasteiger partial charge in [-0.25, -0.2) is 12.8 Å². The third kappa shape index (κ3) is 2.33. The minimum Gasteiger partial charge on any atom is -0.398 e. The van der Waals surface area contributed by atoms with Crippen LogP contribution >= 0.6 is 0 Å². The Morgan fingerprint density at radius 3 is 2.67 bits per heavy atom. The minimum atomic E-state index is -3.83. The van der Waals surface area contributed by atoms with Gasteiger partial charge in [0.2, 0.25) is 0 Å². The van der Waals surface area contributed by atoms with Crippen LogP contribution in [0.25, 0.3) is 0 Å². The van der Waals surface area contributed by atoms with Crippen molar-refractivity contribution < 1.29 is 17.6 Å². The first-order valence-corrected chi connectivity index (χ1v) is 7.08. The molecule has 0 aliphatic carbocycles. The molecule has 1 aromatic rings. The highest BCUT2D eigenvalue weighted by molar-refractivity contribution is 7.89. The van der Waals surface area contributed by atoms with Gasteiger partial charge in [-0.3, -0.25) is 4.84 Å². The Morgan fingerprint density at radius 2 is 2.11 bits per heavy atom. The summed E-state index contributed by atoms with van der Waals surface area (Å²) in [6, 6.07) is 2.23. The predicted octanol–water partition coefficient (Wildman–Crippen LogP) is 1.43. The van der Waals surface area contributed by atoms with Crippen LogP contribution in [-0.4, -0.2) is 26.0 Å². The van der Waals surface area contributed by atoms with Crippen molar-refractivity contribution in [3.8, 4) is 0 Å². The monoisotopic (exact) mass is 274 g/mol. The molecule has 0 aromatic heterocycles. The van der Waals surface area contributed by atoms with E-state index >= 15 is 0 Å². The Hall–Kier alpha value is -1.18. The average molecular weight is 274 g/mol. The van der Waals surface area contributed by atoms with E-state index < -0.39 is 15.8 Å². The van der Waals surface area contributed by atoms with Gasteiger partial charge in [-0.05, 0) is 31.9 Å². The highest BCUT2D eigenvalue weighted by atomic mass is 32.2. The third-order valence-electron chi connectivity index (χ3n) is 2.89. The van der Waals surface area contributed by atoms with Gasteiger partial charge in [0.05, 0.1) is 11.5 Å². The molecule has 18 heavy (non-hydrogen) atoms. The average Bonchev–Trinajstić information content (AvgIpc) is 2.36. The summed E-state index contributed by atoms with van der Waals surface area (Å²) >= 11 is 0. The number of nitrogens with two attached hydrogens (primary N) is 1. The number of anilines is 1. The number of halogens is 1. The second-order valence-corrected chi connectivity index (χ2v) is 6.02. The molecule has 1 heterocycles. The van der Waals surface area contributed by atoms with Gasteiger partial charge in [0.25, 0.3) is 10.0 Å². The summed E-state index contributed by atoms with van der Waals surface area (Å²) in [6.45, 7) is 2.12. The van der Waals surface area contributed by atoms with E-state index in [0.717, 1.165) is 23.4 Å². The summed E-state index contributed by atoms with van der Waals surface area (Å²) in [5, 5.41) is 0. The normalized spacial score (nSPS) is 17.9. The van der Waals surface area contributed by atoms with Gasteiger partial charge >= 0.3 is 0 Å². The maximum atomic E-state index is 13.5. The van der Waals surface area contributed by atoms with Crippen molar-refractivity contribution in [2.24, 2.45) is 0 Å². The zero-order valence-corrected chi connectivity index (χ0v) is 10.8. The fraction of sp³-hybridized carbons (Fsp3) is 0.455. The van der Waals surface area contributed by atoms with Gasteiger partial charge in [-0.2, -0.15) is 0 Å². The minimum absolute atomic E-state index is 0.116. The summed E-state index contributed by atoms with van der Waals surface area (Å²) in [5.74, 6) is -0.634. The lowest BCUT2D eigenvalue weighted by Gasteiger charge is -2.25. The number of benzene rings is 1. The van der Waals surface area contributed by atoms with E-state index in [9.17, 15) is 12.8 Å². The van der Waals surface area contributed by atoms with E-state index in [2.05, 4.69) is 0 Å². The molecule has 1 aromatic carbocycles. The molecule has 100 valence electrons. The molecular formula is C11H15FN2O3S. The summed E-state index contributed by atoms with van der Waals surface area (Å²) in [7, 11) is -3.83. The molecule has 0 unspecified atom stereocenters. The third-order valence-corrected chi connectivity index (χ3v) is 4.55. The van der Waals surface area contributed by atoms with Crippen molar-refractivity contribution in [1.82, 2.24) is 4.47 Å². The summed E-state index contributed by atoms with van der Waals surface area (Å²) in [5.41, 5.74) is 5.94. The van der Waals surface area contributed by atoms with E-state index in [-0.39, 0.29) is 22.7 Å². The molecule has 0 bridgehead atoms. The van der Waals surface area contributed by atoms with Gasteiger partial charge in [0.1, 0.15) is 5.82 Å². The van der Waals surface area contributed by atoms with E-state index in [4.69, 9.17) is 10.6 Å². The van der Waals surface area contributed by atoms with Crippen LogP contribution in [0.4, 0.5) is 10.1 Å². The molecule has 2 N–H and O–H groups in total. The number of nitrogens with zero attached hydrogens (tertiary/aromatic N) is 1. The van der Waals surface area contributed by atoms with E-state index in [1.807, 2.05) is 0 Å². The zero-order chi connectivity index (χ0) is 13.3. The second kappa shape index (κ2) is 4.83. The highest BCUT2D eigenvalue weighted by Crippen LogP contribution is 2.25. The van der Waals surface area contributed by atoms with Crippen LogP contribution in [0.2, 0.25) is 0 Å². The van der Waals surface area contributed by atoms with Crippen molar-refractivity contribution in [3.63, 3.8) is 0 Å². The zero-order valence-electron chi connectivity index (χ0n) is 10.0. The van der Waals surface area contributed by atoms with Crippen LogP contribution in [0.5, 0.6) is 0 Å². The number of hydroxylamine groups is 1. The molecular weight excluding hydrogens is 259 g/mol. The molecule has 1 saturated heterocycles. The molecule has 2 rings (SSSR count). The number of sulfonamides is 1. The van der Waals surface area contributed by atoms with Crippen LogP contribution < -0.4 is 5.73 Å². The first kappa shape index (κ1) is 13.3. The lowest BCUT2D eigenvalue weighted by molar-refractivity contribution is -0.108. The number of hydrogen-bond acceptors (Lipinski definition) is 4. The molecule has 0 amide bonds. The lowest BCUT2D eigenvalue weighted by Crippen LogP contribution is -2.35. The lowest BCUT2D eigenvalue weighted by atomic mass is 10.2. The Balaban J connectivity index is 2.41. The predicted molar refractivity (Wildman–Crippen MR) is 64.6 cm³/mol. The summed E-state index contributed by atoms with van der Waals surface area (Å²) < 4.78 is 38.8. The van der Waals surface area contributed by atoms with Gasteiger partial charge < -0.3 is 5.73 Å². The molecule has 1 fully saturated rings. The fourth-order valence-corrected chi connectivity index (χ4v) is 3.05. The van der Waals surface area contributed by atoms with Crippen molar-refractivity contribution >= 4 is 15.7 Å². The van der Waals surface area contributed by atoms with Crippen molar-refractivity contribution in [2.45, 2.75) is 24.7 Å². The van der Waals surface area contributed by atoms with Crippen molar-refractivity contribution in [3.05, 3.63) is 23.5 Å². The molecule has 7 heteroatoms. The van der Waals surface area contributed by atoms with Crippen LogP contribution in [0, 0.1) is 12.7 Å². The molecule has 0 saturated carbocycles. The Bertz CT molecular complexity index is 530. The second-order valence-electron chi connectivity index (χ2n) is 4.19. The topological polar surface area (TPSA) is 72.6 Å². The maximum absolute atomic E-state index is 13.5. The standard InChI is InChI=1S/C11H15FN2O3S/c1-8-10(12)6-9(7-11(8)13)18(15,16)14-4-2-3-5-17-14/h6-7H,2-5,13H2,1H3. The largest absolute Gasteiger partial charge is 0.398 e. The van der Waals surface area contributed by atoms with E-state index in [1.54, 1.807) is 0 Å². The first-order chi connectivity index (χ1) is 8.43. The SMILES string of the molecule is Cc1c(N)cc(S(=O)(=O)N2CCCCO2)cc1F. The van der Waals surface area contributed by atoms with Gasteiger partial charge in [0, 0.05) is 17.8 Å². The summed E-state index contributed by atoms with van der Waals surface area (Å²) in [4.78, 5) is 4.91. The summed E-state index contributed by atoms with van der Waals surface area (Å²) in [6.07, 6.45) is 1.54. The van der Waals surface area contributed by atoms with E-state index in [1.165, 1.54) is 13.0 Å². The van der Waals surface area contributed by atoms with E-state index in [0.29, 0.717) is 6.61 Å². The maximum Gasteiger partial charge on any atom is 0.265 e. The van der Waals surface area contributed by atoms with Crippen LogP contribution in [-0.2, 0) is 14.9 Å². The highest BCUT2D eigenvalue weighted by Gasteiger charge is 2.28. The quantitative estimate of drug-likeness (QED) is 0.828. The Kier molecular flexibility index (Phi) is 3.56. The van der Waals surface area contributed by atoms with Crippen LogP contribution in [0.1, 0.15) is 18.4 Å². The fourth-order valence-electron chi connectivity index (χ4n) is 1.70. The molecule has 5 nitrogen and oxygen atoms in total. The molecule has 1 aliphatic rings. The number of hydrogen-bond donors (Lipinski definition) is 1. The van der Waals surface area contributed by atoms with Gasteiger partial charge in [0.15, 0.2) is 0 Å². The first-order valence-electron chi connectivity index (χ1n) is 5.64. The van der Waals surface area contributed by atoms with Crippen molar-refractivity contribution in [2.75, 3.05) is 18.9 Å². The van der Waals surface area contributed by atoms with Crippen LogP contribution in [0.15, 0.2) is 17.0 Å². The van der Waals surface area contributed by atoms with Crippen molar-refractivity contribution in [1.29, 1.82) is 0 Å². The number of nitrogen functional groups attached to an aromatic ring is 1. The molecule has 0 atom stereocenters.